The van der Waals surface area contributed by atoms with Gasteiger partial charge < -0.3 is 5.73 Å². The Morgan fingerprint density at radius 2 is 2.00 bits per heavy atom. The zero-order valence-corrected chi connectivity index (χ0v) is 10.9. The third kappa shape index (κ3) is 3.00. The number of rotatable bonds is 3. The summed E-state index contributed by atoms with van der Waals surface area (Å²) in [7, 11) is -3.99. The molecule has 0 fully saturated rings. The molecule has 0 aliphatic rings. The Bertz CT molecular complexity index is 699. The van der Waals surface area contributed by atoms with E-state index in [2.05, 4.69) is 9.71 Å². The number of nitrogens with two attached hydrogens (primary N) is 1. The van der Waals surface area contributed by atoms with Crippen molar-refractivity contribution < 1.29 is 12.8 Å². The van der Waals surface area contributed by atoms with Crippen molar-refractivity contribution in [1.82, 2.24) is 4.98 Å². The number of hydrogen-bond acceptors (Lipinski definition) is 4. The number of nitrogens with one attached hydrogen (secondary N) is 1. The minimum atomic E-state index is -3.99. The first-order valence-corrected chi connectivity index (χ1v) is 6.87. The first kappa shape index (κ1) is 13.3. The minimum Gasteiger partial charge on any atom is -0.384 e. The van der Waals surface area contributed by atoms with E-state index < -0.39 is 20.7 Å². The summed E-state index contributed by atoms with van der Waals surface area (Å²) in [5.41, 5.74) is 6.27. The molecule has 0 amide bonds. The van der Waals surface area contributed by atoms with E-state index in [0.717, 1.165) is 6.07 Å². The molecular formula is C12H12FN3O2S. The van der Waals surface area contributed by atoms with Crippen molar-refractivity contribution in [3.8, 4) is 0 Å². The van der Waals surface area contributed by atoms with Gasteiger partial charge >= 0.3 is 0 Å². The number of hydrogen-bond donors (Lipinski definition) is 2. The van der Waals surface area contributed by atoms with Gasteiger partial charge in [0, 0.05) is 0 Å². The van der Waals surface area contributed by atoms with Gasteiger partial charge in [0.25, 0.3) is 10.0 Å². The van der Waals surface area contributed by atoms with Crippen LogP contribution in [0.15, 0.2) is 41.4 Å². The molecule has 0 saturated heterocycles. The Labute approximate surface area is 110 Å². The third-order valence-corrected chi connectivity index (χ3v) is 3.81. The number of nitrogen functional groups attached to an aromatic ring is 1. The van der Waals surface area contributed by atoms with Crippen LogP contribution in [0.25, 0.3) is 0 Å². The van der Waals surface area contributed by atoms with E-state index in [-0.39, 0.29) is 11.5 Å². The summed E-state index contributed by atoms with van der Waals surface area (Å²) in [4.78, 5) is 3.36. The molecule has 0 aliphatic heterocycles. The lowest BCUT2D eigenvalue weighted by Crippen LogP contribution is -2.15. The van der Waals surface area contributed by atoms with E-state index in [0.29, 0.717) is 5.56 Å². The number of sulfonamides is 1. The molecule has 1 aromatic carbocycles. The van der Waals surface area contributed by atoms with Crippen LogP contribution in [0.4, 0.5) is 15.9 Å². The second kappa shape index (κ2) is 4.85. The maximum Gasteiger partial charge on any atom is 0.264 e. The van der Waals surface area contributed by atoms with Gasteiger partial charge in [0.1, 0.15) is 16.5 Å². The van der Waals surface area contributed by atoms with Gasteiger partial charge in [-0.1, -0.05) is 6.07 Å². The van der Waals surface area contributed by atoms with E-state index >= 15 is 0 Å². The second-order valence-corrected chi connectivity index (χ2v) is 5.66. The maximum absolute atomic E-state index is 13.6. The zero-order valence-electron chi connectivity index (χ0n) is 10.1. The van der Waals surface area contributed by atoms with Crippen LogP contribution in [-0.4, -0.2) is 13.4 Å². The Balaban J connectivity index is 2.37. The third-order valence-electron chi connectivity index (χ3n) is 2.41. The molecule has 1 heterocycles. The Hall–Kier alpha value is -2.15. The Morgan fingerprint density at radius 3 is 2.63 bits per heavy atom. The van der Waals surface area contributed by atoms with Crippen molar-refractivity contribution in [2.75, 3.05) is 10.5 Å². The van der Waals surface area contributed by atoms with Gasteiger partial charge in [-0.2, -0.15) is 0 Å². The number of halogens is 1. The van der Waals surface area contributed by atoms with E-state index in [1.54, 1.807) is 6.92 Å². The summed E-state index contributed by atoms with van der Waals surface area (Å²) in [6, 6.07) is 6.78. The highest BCUT2D eigenvalue weighted by Crippen LogP contribution is 2.19. The molecule has 2 aromatic rings. The molecule has 3 N–H and O–H groups in total. The van der Waals surface area contributed by atoms with Gasteiger partial charge in [-0.05, 0) is 36.8 Å². The fourth-order valence-corrected chi connectivity index (χ4v) is 2.70. The lowest BCUT2D eigenvalue weighted by atomic mass is 10.2. The summed E-state index contributed by atoms with van der Waals surface area (Å²) >= 11 is 0. The van der Waals surface area contributed by atoms with Gasteiger partial charge in [0.15, 0.2) is 0 Å². The van der Waals surface area contributed by atoms with Crippen molar-refractivity contribution in [3.05, 3.63) is 47.9 Å². The summed E-state index contributed by atoms with van der Waals surface area (Å²) in [5.74, 6) is -0.536. The number of benzene rings is 1. The average molecular weight is 281 g/mol. The van der Waals surface area contributed by atoms with E-state index in [1.165, 1.54) is 30.5 Å². The van der Waals surface area contributed by atoms with Gasteiger partial charge in [-0.25, -0.2) is 17.8 Å². The van der Waals surface area contributed by atoms with Crippen molar-refractivity contribution in [1.29, 1.82) is 0 Å². The second-order valence-electron chi connectivity index (χ2n) is 4.01. The van der Waals surface area contributed by atoms with E-state index in [9.17, 15) is 12.8 Å². The highest BCUT2D eigenvalue weighted by atomic mass is 32.2. The van der Waals surface area contributed by atoms with Crippen LogP contribution in [0, 0.1) is 12.7 Å². The fourth-order valence-electron chi connectivity index (χ4n) is 1.49. The molecule has 1 aromatic heterocycles. The Kier molecular flexibility index (Phi) is 3.39. The monoisotopic (exact) mass is 281 g/mol. The van der Waals surface area contributed by atoms with Crippen LogP contribution >= 0.6 is 0 Å². The first-order chi connectivity index (χ1) is 8.88. The first-order valence-electron chi connectivity index (χ1n) is 5.39. The van der Waals surface area contributed by atoms with Crippen molar-refractivity contribution in [3.63, 3.8) is 0 Å². The predicted octanol–water partition coefficient (Wildman–Crippen LogP) is 1.91. The minimum absolute atomic E-state index is 0.218. The summed E-state index contributed by atoms with van der Waals surface area (Å²) in [6.07, 6.45) is 1.26. The molecule has 19 heavy (non-hydrogen) atoms. The summed E-state index contributed by atoms with van der Waals surface area (Å²) in [5, 5.41) is 0. The van der Waals surface area contributed by atoms with E-state index in [1.807, 2.05) is 0 Å². The molecule has 0 unspecified atom stereocenters. The SMILES string of the molecule is Cc1ccc(F)c(S(=O)(=O)Nc2ccc(N)nc2)c1. The smallest absolute Gasteiger partial charge is 0.264 e. The standard InChI is InChI=1S/C12H12FN3O2S/c1-8-2-4-10(13)11(6-8)19(17,18)16-9-3-5-12(14)15-7-9/h2-7,16H,1H3,(H2,14,15). The predicted molar refractivity (Wildman–Crippen MR) is 70.6 cm³/mol. The van der Waals surface area contributed by atoms with Crippen molar-refractivity contribution >= 4 is 21.5 Å². The molecule has 0 aliphatic carbocycles. The summed E-state index contributed by atoms with van der Waals surface area (Å²) < 4.78 is 39.9. The quantitative estimate of drug-likeness (QED) is 0.900. The van der Waals surface area contributed by atoms with Gasteiger partial charge in [0.2, 0.25) is 0 Å². The topological polar surface area (TPSA) is 85.1 Å². The lowest BCUT2D eigenvalue weighted by Gasteiger charge is -2.09. The molecule has 5 nitrogen and oxygen atoms in total. The normalized spacial score (nSPS) is 11.3. The zero-order chi connectivity index (χ0) is 14.0. The van der Waals surface area contributed by atoms with Crippen LogP contribution in [0.2, 0.25) is 0 Å². The van der Waals surface area contributed by atoms with Gasteiger partial charge in [-0.15, -0.1) is 0 Å². The fraction of sp³-hybridized carbons (Fsp3) is 0.0833. The number of anilines is 2. The number of aryl methyl sites for hydroxylation is 1. The molecule has 0 radical (unpaired) electrons. The van der Waals surface area contributed by atoms with Gasteiger partial charge in [-0.3, -0.25) is 4.72 Å². The molecule has 2 rings (SSSR count). The molecule has 100 valence electrons. The highest BCUT2D eigenvalue weighted by molar-refractivity contribution is 7.92. The number of aromatic nitrogens is 1. The highest BCUT2D eigenvalue weighted by Gasteiger charge is 2.19. The van der Waals surface area contributed by atoms with Crippen molar-refractivity contribution in [2.24, 2.45) is 0 Å². The molecule has 7 heteroatoms. The molecule has 0 bridgehead atoms. The maximum atomic E-state index is 13.6. The average Bonchev–Trinajstić information content (AvgIpc) is 2.35. The lowest BCUT2D eigenvalue weighted by molar-refractivity contribution is 0.570. The largest absolute Gasteiger partial charge is 0.384 e. The van der Waals surface area contributed by atoms with Crippen molar-refractivity contribution in [2.45, 2.75) is 11.8 Å². The molecular weight excluding hydrogens is 269 g/mol. The van der Waals surface area contributed by atoms with Gasteiger partial charge in [0.05, 0.1) is 11.9 Å². The molecule has 0 spiro atoms. The van der Waals surface area contributed by atoms with Crippen LogP contribution in [-0.2, 0) is 10.0 Å². The van der Waals surface area contributed by atoms with Crippen LogP contribution in [0.5, 0.6) is 0 Å². The van der Waals surface area contributed by atoms with Crippen LogP contribution < -0.4 is 10.5 Å². The summed E-state index contributed by atoms with van der Waals surface area (Å²) in [6.45, 7) is 1.68. The van der Waals surface area contributed by atoms with E-state index in [4.69, 9.17) is 5.73 Å². The molecule has 0 saturated carbocycles. The molecule has 0 atom stereocenters. The van der Waals surface area contributed by atoms with Crippen LogP contribution in [0.3, 0.4) is 0 Å². The number of nitrogens with zero attached hydrogens (tertiary/aromatic N) is 1. The number of pyridine rings is 1. The van der Waals surface area contributed by atoms with Crippen LogP contribution in [0.1, 0.15) is 5.56 Å². The Morgan fingerprint density at radius 1 is 1.26 bits per heavy atom.